The first kappa shape index (κ1) is 14.6. The van der Waals surface area contributed by atoms with Crippen LogP contribution in [0, 0.1) is 0 Å². The third kappa shape index (κ3) is 3.38. The van der Waals surface area contributed by atoms with Gasteiger partial charge in [-0.1, -0.05) is 31.2 Å². The van der Waals surface area contributed by atoms with Crippen LogP contribution in [-0.4, -0.2) is 11.7 Å². The minimum atomic E-state index is -0.999. The lowest BCUT2D eigenvalue weighted by molar-refractivity contribution is 0.0668. The lowest BCUT2D eigenvalue weighted by atomic mass is 9.96. The van der Waals surface area contributed by atoms with E-state index in [1.165, 1.54) is 5.56 Å². The molecule has 0 fully saturated rings. The predicted molar refractivity (Wildman–Crippen MR) is 81.0 cm³/mol. The molecule has 0 spiro atoms. The maximum atomic E-state index is 10.1. The number of aliphatic hydroxyl groups is 1. The third-order valence-corrected chi connectivity index (χ3v) is 3.42. The van der Waals surface area contributed by atoms with E-state index in [9.17, 15) is 5.11 Å². The maximum Gasteiger partial charge on any atom is 0.127 e. The molecule has 0 bridgehead atoms. The maximum absolute atomic E-state index is 10.1. The fourth-order valence-electron chi connectivity index (χ4n) is 1.96. The van der Waals surface area contributed by atoms with Crippen LogP contribution in [-0.2, 0) is 12.0 Å². The summed E-state index contributed by atoms with van der Waals surface area (Å²) in [7, 11) is 0. The van der Waals surface area contributed by atoms with Crippen LogP contribution < -0.4 is 10.5 Å². The Morgan fingerprint density at radius 3 is 2.40 bits per heavy atom. The molecule has 1 unspecified atom stereocenters. The van der Waals surface area contributed by atoms with Gasteiger partial charge in [-0.05, 0) is 48.7 Å². The molecule has 0 aliphatic heterocycles. The van der Waals surface area contributed by atoms with Crippen molar-refractivity contribution in [2.75, 3.05) is 6.54 Å². The Morgan fingerprint density at radius 2 is 1.80 bits per heavy atom. The van der Waals surface area contributed by atoms with Crippen molar-refractivity contribution in [1.29, 1.82) is 0 Å². The van der Waals surface area contributed by atoms with Crippen molar-refractivity contribution in [2.24, 2.45) is 5.73 Å². The van der Waals surface area contributed by atoms with Gasteiger partial charge in [0.05, 0.1) is 5.60 Å². The van der Waals surface area contributed by atoms with Crippen molar-refractivity contribution in [2.45, 2.75) is 25.9 Å². The lowest BCUT2D eigenvalue weighted by Crippen LogP contribution is -2.31. The Bertz CT molecular complexity index is 561. The van der Waals surface area contributed by atoms with Crippen molar-refractivity contribution in [3.8, 4) is 11.5 Å². The number of ether oxygens (including phenoxy) is 1. The molecule has 2 aromatic rings. The van der Waals surface area contributed by atoms with E-state index in [0.717, 1.165) is 23.5 Å². The second-order valence-corrected chi connectivity index (χ2v) is 5.11. The van der Waals surface area contributed by atoms with Gasteiger partial charge in [-0.25, -0.2) is 0 Å². The molecule has 0 aliphatic rings. The van der Waals surface area contributed by atoms with E-state index >= 15 is 0 Å². The van der Waals surface area contributed by atoms with Gasteiger partial charge in [0.15, 0.2) is 0 Å². The Kier molecular flexibility index (Phi) is 4.42. The van der Waals surface area contributed by atoms with Gasteiger partial charge in [0.2, 0.25) is 0 Å². The highest BCUT2D eigenvalue weighted by atomic mass is 16.5. The van der Waals surface area contributed by atoms with Gasteiger partial charge in [0, 0.05) is 6.54 Å². The summed E-state index contributed by atoms with van der Waals surface area (Å²) >= 11 is 0. The predicted octanol–water partition coefficient (Wildman–Crippen LogP) is 3.21. The molecule has 0 aliphatic carbocycles. The summed E-state index contributed by atoms with van der Waals surface area (Å²) in [5.41, 5.74) is 6.58. The zero-order valence-electron chi connectivity index (χ0n) is 12.0. The third-order valence-electron chi connectivity index (χ3n) is 3.42. The number of rotatable bonds is 5. The van der Waals surface area contributed by atoms with Crippen LogP contribution in [0.4, 0.5) is 0 Å². The highest BCUT2D eigenvalue weighted by Crippen LogP contribution is 2.26. The number of hydrogen-bond acceptors (Lipinski definition) is 3. The molecule has 0 heterocycles. The van der Waals surface area contributed by atoms with E-state index in [1.807, 2.05) is 42.5 Å². The van der Waals surface area contributed by atoms with Crippen LogP contribution in [0.2, 0.25) is 0 Å². The molecule has 20 heavy (non-hydrogen) atoms. The first-order chi connectivity index (χ1) is 9.55. The molecule has 2 aromatic carbocycles. The second-order valence-electron chi connectivity index (χ2n) is 5.11. The van der Waals surface area contributed by atoms with Crippen molar-refractivity contribution in [3.05, 3.63) is 59.7 Å². The average molecular weight is 271 g/mol. The summed E-state index contributed by atoms with van der Waals surface area (Å²) in [6, 6.07) is 15.4. The zero-order chi connectivity index (χ0) is 14.6. The molecule has 0 aromatic heterocycles. The normalized spacial score (nSPS) is 13.8. The van der Waals surface area contributed by atoms with Gasteiger partial charge in [-0.2, -0.15) is 0 Å². The minimum absolute atomic E-state index is 0.186. The smallest absolute Gasteiger partial charge is 0.127 e. The summed E-state index contributed by atoms with van der Waals surface area (Å²) in [6.07, 6.45) is 0.982. The van der Waals surface area contributed by atoms with Crippen LogP contribution >= 0.6 is 0 Å². The largest absolute Gasteiger partial charge is 0.457 e. The molecule has 0 saturated carbocycles. The molecular weight excluding hydrogens is 250 g/mol. The summed E-state index contributed by atoms with van der Waals surface area (Å²) in [4.78, 5) is 0. The topological polar surface area (TPSA) is 55.5 Å². The first-order valence-corrected chi connectivity index (χ1v) is 6.85. The van der Waals surface area contributed by atoms with Gasteiger partial charge in [0.25, 0.3) is 0 Å². The highest BCUT2D eigenvalue weighted by molar-refractivity contribution is 5.36. The van der Waals surface area contributed by atoms with Gasteiger partial charge in [-0.3, -0.25) is 0 Å². The number of hydrogen-bond donors (Lipinski definition) is 2. The summed E-state index contributed by atoms with van der Waals surface area (Å²) in [5.74, 6) is 1.57. The SMILES string of the molecule is CCc1cccc(Oc2ccc(C(C)(O)CN)cc2)c1. The minimum Gasteiger partial charge on any atom is -0.457 e. The molecule has 106 valence electrons. The molecule has 3 N–H and O–H groups in total. The summed E-state index contributed by atoms with van der Waals surface area (Å²) in [5, 5.41) is 10.1. The van der Waals surface area contributed by atoms with Gasteiger partial charge in [0.1, 0.15) is 11.5 Å². The van der Waals surface area contributed by atoms with E-state index in [-0.39, 0.29) is 6.54 Å². The molecule has 3 heteroatoms. The number of aryl methyl sites for hydroxylation is 1. The van der Waals surface area contributed by atoms with Crippen LogP contribution in [0.25, 0.3) is 0 Å². The monoisotopic (exact) mass is 271 g/mol. The van der Waals surface area contributed by atoms with Gasteiger partial charge in [-0.15, -0.1) is 0 Å². The van der Waals surface area contributed by atoms with Gasteiger partial charge >= 0.3 is 0 Å². The quantitative estimate of drug-likeness (QED) is 0.878. The molecule has 0 amide bonds. The van der Waals surface area contributed by atoms with E-state index in [4.69, 9.17) is 10.5 Å². The Labute approximate surface area is 120 Å². The summed E-state index contributed by atoms with van der Waals surface area (Å²) < 4.78 is 5.81. The Balaban J connectivity index is 2.14. The van der Waals surface area contributed by atoms with Crippen molar-refractivity contribution in [3.63, 3.8) is 0 Å². The molecule has 2 rings (SSSR count). The fourth-order valence-corrected chi connectivity index (χ4v) is 1.96. The van der Waals surface area contributed by atoms with E-state index < -0.39 is 5.60 Å². The van der Waals surface area contributed by atoms with E-state index in [2.05, 4.69) is 13.0 Å². The molecule has 0 radical (unpaired) electrons. The lowest BCUT2D eigenvalue weighted by Gasteiger charge is -2.21. The van der Waals surface area contributed by atoms with E-state index in [1.54, 1.807) is 6.92 Å². The number of nitrogens with two attached hydrogens (primary N) is 1. The molecular formula is C17H21NO2. The second kappa shape index (κ2) is 6.07. The zero-order valence-corrected chi connectivity index (χ0v) is 12.0. The van der Waals surface area contributed by atoms with E-state index in [0.29, 0.717) is 0 Å². The van der Waals surface area contributed by atoms with Crippen molar-refractivity contribution >= 4 is 0 Å². The van der Waals surface area contributed by atoms with Gasteiger partial charge < -0.3 is 15.6 Å². The molecule has 1 atom stereocenters. The standard InChI is InChI=1S/C17H21NO2/c1-3-13-5-4-6-16(11-13)20-15-9-7-14(8-10-15)17(2,19)12-18/h4-11,19H,3,12,18H2,1-2H3. The van der Waals surface area contributed by atoms with Crippen molar-refractivity contribution in [1.82, 2.24) is 0 Å². The molecule has 3 nitrogen and oxygen atoms in total. The van der Waals surface area contributed by atoms with Crippen LogP contribution in [0.1, 0.15) is 25.0 Å². The Hall–Kier alpha value is -1.84. The van der Waals surface area contributed by atoms with Crippen LogP contribution in [0.3, 0.4) is 0 Å². The molecule has 0 saturated heterocycles. The Morgan fingerprint density at radius 1 is 1.10 bits per heavy atom. The average Bonchev–Trinajstić information content (AvgIpc) is 2.48. The van der Waals surface area contributed by atoms with Crippen LogP contribution in [0.5, 0.6) is 11.5 Å². The summed E-state index contributed by atoms with van der Waals surface area (Å²) in [6.45, 7) is 4.00. The number of benzene rings is 2. The van der Waals surface area contributed by atoms with Crippen LogP contribution in [0.15, 0.2) is 48.5 Å². The van der Waals surface area contributed by atoms with Crippen molar-refractivity contribution < 1.29 is 9.84 Å². The first-order valence-electron chi connectivity index (χ1n) is 6.85. The fraction of sp³-hybridized carbons (Fsp3) is 0.294. The highest BCUT2D eigenvalue weighted by Gasteiger charge is 2.20.